The Bertz CT molecular complexity index is 1170. The van der Waals surface area contributed by atoms with Gasteiger partial charge in [-0.1, -0.05) is 12.1 Å². The summed E-state index contributed by atoms with van der Waals surface area (Å²) < 4.78 is 22.5. The minimum atomic E-state index is -3.79. The van der Waals surface area contributed by atoms with Crippen molar-refractivity contribution < 1.29 is 18.0 Å². The molecule has 3 amide bonds. The van der Waals surface area contributed by atoms with Crippen LogP contribution in [-0.4, -0.2) is 25.3 Å². The molecule has 0 fully saturated rings. The molecule has 1 aromatic heterocycles. The number of carbonyl (C=O) groups excluding carboxylic acids is 2. The summed E-state index contributed by atoms with van der Waals surface area (Å²) in [5.41, 5.74) is 2.61. The Morgan fingerprint density at radius 1 is 1.03 bits per heavy atom. The van der Waals surface area contributed by atoms with Gasteiger partial charge >= 0.3 is 6.03 Å². The molecule has 5 N–H and O–H groups in total. The van der Waals surface area contributed by atoms with E-state index in [0.717, 1.165) is 5.56 Å². The van der Waals surface area contributed by atoms with E-state index in [4.69, 9.17) is 5.14 Å². The molecule has 0 aliphatic heterocycles. The summed E-state index contributed by atoms with van der Waals surface area (Å²) in [6, 6.07) is 12.5. The second-order valence-electron chi connectivity index (χ2n) is 6.39. The maximum Gasteiger partial charge on any atom is 0.325 e. The highest BCUT2D eigenvalue weighted by Crippen LogP contribution is 2.18. The zero-order valence-electron chi connectivity index (χ0n) is 15.9. The van der Waals surface area contributed by atoms with Crippen LogP contribution in [0.15, 0.2) is 58.8 Å². The van der Waals surface area contributed by atoms with Gasteiger partial charge in [-0.3, -0.25) is 10.1 Å². The third-order valence-corrected chi connectivity index (χ3v) is 5.59. The summed E-state index contributed by atoms with van der Waals surface area (Å²) >= 11 is 1.20. The Hall–Kier alpha value is -3.28. The summed E-state index contributed by atoms with van der Waals surface area (Å²) in [5, 5.41) is 15.1. The lowest BCUT2D eigenvalue weighted by Gasteiger charge is -2.06. The second-order valence-corrected chi connectivity index (χ2v) is 8.81. The molecule has 0 radical (unpaired) electrons. The number of nitrogens with one attached hydrogen (secondary N) is 3. The van der Waals surface area contributed by atoms with Gasteiger partial charge in [0.25, 0.3) is 0 Å². The maximum atomic E-state index is 12.2. The number of aromatic nitrogens is 1. The van der Waals surface area contributed by atoms with Crippen molar-refractivity contribution in [1.82, 2.24) is 4.98 Å². The highest BCUT2D eigenvalue weighted by molar-refractivity contribution is 7.89. The van der Waals surface area contributed by atoms with Crippen LogP contribution in [0.3, 0.4) is 0 Å². The molecule has 0 saturated heterocycles. The van der Waals surface area contributed by atoms with E-state index in [1.165, 1.54) is 35.6 Å². The molecule has 0 atom stereocenters. The number of benzene rings is 2. The fourth-order valence-electron chi connectivity index (χ4n) is 2.53. The van der Waals surface area contributed by atoms with Crippen molar-refractivity contribution in [2.45, 2.75) is 18.2 Å². The Morgan fingerprint density at radius 3 is 2.43 bits per heavy atom. The van der Waals surface area contributed by atoms with Gasteiger partial charge in [-0.05, 0) is 48.9 Å². The van der Waals surface area contributed by atoms with E-state index in [2.05, 4.69) is 20.9 Å². The fourth-order valence-corrected chi connectivity index (χ4v) is 3.75. The third-order valence-electron chi connectivity index (χ3n) is 3.86. The molecule has 11 heteroatoms. The molecule has 2 aromatic carbocycles. The predicted molar refractivity (Wildman–Crippen MR) is 116 cm³/mol. The number of aryl methyl sites for hydroxylation is 1. The second kappa shape index (κ2) is 9.03. The van der Waals surface area contributed by atoms with Crippen LogP contribution in [0.1, 0.15) is 11.3 Å². The van der Waals surface area contributed by atoms with Crippen LogP contribution in [0.25, 0.3) is 0 Å². The summed E-state index contributed by atoms with van der Waals surface area (Å²) in [6.07, 6.45) is -0.00534. The first-order chi connectivity index (χ1) is 14.2. The van der Waals surface area contributed by atoms with E-state index in [-0.39, 0.29) is 17.2 Å². The molecule has 9 nitrogen and oxygen atoms in total. The van der Waals surface area contributed by atoms with Gasteiger partial charge in [-0.15, -0.1) is 11.3 Å². The fraction of sp³-hybridized carbons (Fsp3) is 0.105. The first-order valence-corrected chi connectivity index (χ1v) is 11.1. The van der Waals surface area contributed by atoms with Crippen LogP contribution in [-0.2, 0) is 21.2 Å². The third kappa shape index (κ3) is 6.11. The normalized spacial score (nSPS) is 11.0. The van der Waals surface area contributed by atoms with E-state index in [0.29, 0.717) is 22.2 Å². The number of carbonyl (C=O) groups is 2. The molecule has 0 spiro atoms. The van der Waals surface area contributed by atoms with Crippen molar-refractivity contribution in [2.75, 3.05) is 16.0 Å². The number of hydrogen-bond acceptors (Lipinski definition) is 6. The lowest BCUT2D eigenvalue weighted by molar-refractivity contribution is -0.115. The molecule has 0 saturated carbocycles. The van der Waals surface area contributed by atoms with E-state index in [1.54, 1.807) is 11.4 Å². The van der Waals surface area contributed by atoms with Gasteiger partial charge in [0.15, 0.2) is 5.13 Å². The Kier molecular flexibility index (Phi) is 6.45. The molecule has 156 valence electrons. The molecule has 30 heavy (non-hydrogen) atoms. The monoisotopic (exact) mass is 445 g/mol. The average Bonchev–Trinajstić information content (AvgIpc) is 3.07. The molecular weight excluding hydrogens is 426 g/mol. The van der Waals surface area contributed by atoms with Crippen LogP contribution in [0.5, 0.6) is 0 Å². The number of thiazole rings is 1. The first kappa shape index (κ1) is 21.4. The number of urea groups is 1. The number of hydrogen-bond donors (Lipinski definition) is 4. The molecule has 1 heterocycles. The number of primary sulfonamides is 1. The van der Waals surface area contributed by atoms with Crippen molar-refractivity contribution >= 4 is 49.8 Å². The number of sulfonamides is 1. The quantitative estimate of drug-likeness (QED) is 0.461. The van der Waals surface area contributed by atoms with Crippen LogP contribution in [0, 0.1) is 6.92 Å². The highest BCUT2D eigenvalue weighted by atomic mass is 32.2. The smallest absolute Gasteiger partial charge is 0.325 e. The number of amides is 3. The van der Waals surface area contributed by atoms with E-state index in [1.807, 2.05) is 25.1 Å². The highest BCUT2D eigenvalue weighted by Gasteiger charge is 2.12. The van der Waals surface area contributed by atoms with Crippen molar-refractivity contribution in [3.05, 3.63) is 65.2 Å². The van der Waals surface area contributed by atoms with Crippen molar-refractivity contribution in [3.63, 3.8) is 0 Å². The van der Waals surface area contributed by atoms with Gasteiger partial charge in [0.05, 0.1) is 17.0 Å². The van der Waals surface area contributed by atoms with Gasteiger partial charge < -0.3 is 10.6 Å². The first-order valence-electron chi connectivity index (χ1n) is 8.71. The minimum absolute atomic E-state index is 0.00534. The number of nitrogens with zero attached hydrogens (tertiary/aromatic N) is 1. The average molecular weight is 446 g/mol. The molecule has 0 bridgehead atoms. The van der Waals surface area contributed by atoms with E-state index >= 15 is 0 Å². The van der Waals surface area contributed by atoms with Gasteiger partial charge in [0.2, 0.25) is 15.9 Å². The summed E-state index contributed by atoms with van der Waals surface area (Å²) in [7, 11) is -3.79. The van der Waals surface area contributed by atoms with Crippen LogP contribution in [0.2, 0.25) is 0 Å². The Labute approximate surface area is 177 Å². The Morgan fingerprint density at radius 2 is 1.77 bits per heavy atom. The van der Waals surface area contributed by atoms with Gasteiger partial charge in [0, 0.05) is 16.8 Å². The van der Waals surface area contributed by atoms with Gasteiger partial charge in [-0.2, -0.15) is 0 Å². The summed E-state index contributed by atoms with van der Waals surface area (Å²) in [4.78, 5) is 28.4. The largest absolute Gasteiger partial charge is 0.326 e. The topological polar surface area (TPSA) is 143 Å². The number of rotatable bonds is 6. The lowest BCUT2D eigenvalue weighted by atomic mass is 10.2. The molecule has 0 aliphatic rings. The summed E-state index contributed by atoms with van der Waals surface area (Å²) in [6.45, 7) is 1.93. The maximum absolute atomic E-state index is 12.2. The van der Waals surface area contributed by atoms with Crippen molar-refractivity contribution in [2.24, 2.45) is 5.14 Å². The SMILES string of the molecule is Cc1cccc(NC(=O)Nc2nc(CC(=O)Nc3ccc(S(N)(=O)=O)cc3)cs2)c1. The van der Waals surface area contributed by atoms with Crippen LogP contribution >= 0.6 is 11.3 Å². The zero-order valence-corrected chi connectivity index (χ0v) is 17.5. The molecule has 3 aromatic rings. The molecular formula is C19H19N5O4S2. The predicted octanol–water partition coefficient (Wildman–Crippen LogP) is 2.92. The standard InChI is InChI=1S/C19H19N5O4S2/c1-12-3-2-4-14(9-12)22-18(26)24-19-23-15(11-29-19)10-17(25)21-13-5-7-16(8-6-13)30(20,27)28/h2-9,11H,10H2,1H3,(H,21,25)(H2,20,27,28)(H2,22,23,24,26). The molecule has 0 aliphatic carbocycles. The van der Waals surface area contributed by atoms with Crippen molar-refractivity contribution in [3.8, 4) is 0 Å². The minimum Gasteiger partial charge on any atom is -0.326 e. The van der Waals surface area contributed by atoms with Crippen LogP contribution in [0.4, 0.5) is 21.3 Å². The van der Waals surface area contributed by atoms with E-state index < -0.39 is 16.1 Å². The number of nitrogens with two attached hydrogens (primary N) is 1. The molecule has 0 unspecified atom stereocenters. The lowest BCUT2D eigenvalue weighted by Crippen LogP contribution is -2.19. The van der Waals surface area contributed by atoms with Crippen molar-refractivity contribution in [1.29, 1.82) is 0 Å². The van der Waals surface area contributed by atoms with Gasteiger partial charge in [-0.25, -0.2) is 23.3 Å². The molecule has 3 rings (SSSR count). The zero-order chi connectivity index (χ0) is 21.7. The van der Waals surface area contributed by atoms with Gasteiger partial charge in [0.1, 0.15) is 0 Å². The Balaban J connectivity index is 1.53. The van der Waals surface area contributed by atoms with Crippen LogP contribution < -0.4 is 21.1 Å². The van der Waals surface area contributed by atoms with E-state index in [9.17, 15) is 18.0 Å². The number of anilines is 3. The summed E-state index contributed by atoms with van der Waals surface area (Å²) in [5.74, 6) is -0.334.